The zero-order valence-electron chi connectivity index (χ0n) is 13.9. The summed E-state index contributed by atoms with van der Waals surface area (Å²) >= 11 is 9.82. The molecule has 9 heteroatoms. The van der Waals surface area contributed by atoms with Gasteiger partial charge in [0.05, 0.1) is 22.9 Å². The number of halogens is 2. The molecule has 0 spiro atoms. The standard InChI is InChI=1S/C17H15BrClN5O2/c1-8-2-9(18)3-13(19)14(8)24-7-12-15(22-24)20-17(21-16(12)25)23-5-10-4-11(6-23)26-10/h2-3,7,10-11H,4-6H2,1H3,(H,20,21,22,25). The molecule has 1 N–H and O–H groups in total. The Bertz CT molecular complexity index is 1060. The Morgan fingerprint density at radius 2 is 2.08 bits per heavy atom. The number of benzene rings is 1. The largest absolute Gasteiger partial charge is 0.371 e. The first-order valence-electron chi connectivity index (χ1n) is 8.34. The Morgan fingerprint density at radius 3 is 2.77 bits per heavy atom. The second-order valence-corrected chi connectivity index (χ2v) is 8.10. The number of nitrogens with zero attached hydrogens (tertiary/aromatic N) is 4. The van der Waals surface area contributed by atoms with Crippen molar-refractivity contribution in [1.29, 1.82) is 0 Å². The van der Waals surface area contributed by atoms with Crippen molar-refractivity contribution in [3.63, 3.8) is 0 Å². The second-order valence-electron chi connectivity index (χ2n) is 6.77. The molecular weight excluding hydrogens is 422 g/mol. The number of morpholine rings is 1. The van der Waals surface area contributed by atoms with E-state index in [0.29, 0.717) is 22.0 Å². The molecule has 2 aromatic heterocycles. The summed E-state index contributed by atoms with van der Waals surface area (Å²) in [5.74, 6) is 0.546. The van der Waals surface area contributed by atoms with Gasteiger partial charge in [-0.25, -0.2) is 4.68 Å². The van der Waals surface area contributed by atoms with Crippen LogP contribution in [0.5, 0.6) is 0 Å². The van der Waals surface area contributed by atoms with Crippen LogP contribution in [0.2, 0.25) is 5.02 Å². The average Bonchev–Trinajstić information content (AvgIpc) is 2.97. The molecule has 134 valence electrons. The number of hydrogen-bond donors (Lipinski definition) is 1. The Labute approximate surface area is 162 Å². The van der Waals surface area contributed by atoms with Crippen molar-refractivity contribution in [2.24, 2.45) is 0 Å². The Balaban J connectivity index is 1.60. The molecule has 2 unspecified atom stereocenters. The fourth-order valence-corrected chi connectivity index (χ4v) is 4.74. The molecule has 5 heterocycles. The lowest BCUT2D eigenvalue weighted by Crippen LogP contribution is -2.57. The maximum Gasteiger partial charge on any atom is 0.263 e. The van der Waals surface area contributed by atoms with E-state index in [2.05, 4.69) is 35.9 Å². The van der Waals surface area contributed by atoms with E-state index >= 15 is 0 Å². The third kappa shape index (κ3) is 2.55. The Hall–Kier alpha value is -1.90. The molecule has 6 rings (SSSR count). The van der Waals surface area contributed by atoms with Gasteiger partial charge in [0.2, 0.25) is 5.95 Å². The smallest absolute Gasteiger partial charge is 0.263 e. The summed E-state index contributed by atoms with van der Waals surface area (Å²) in [6.07, 6.45) is 3.22. The van der Waals surface area contributed by atoms with Crippen LogP contribution in [0, 0.1) is 6.92 Å². The van der Waals surface area contributed by atoms with Gasteiger partial charge in [0.15, 0.2) is 5.65 Å². The summed E-state index contributed by atoms with van der Waals surface area (Å²) in [5, 5.41) is 5.50. The van der Waals surface area contributed by atoms with Gasteiger partial charge in [-0.15, -0.1) is 5.10 Å². The van der Waals surface area contributed by atoms with E-state index in [4.69, 9.17) is 16.3 Å². The van der Waals surface area contributed by atoms with Crippen LogP contribution >= 0.6 is 27.5 Å². The van der Waals surface area contributed by atoms with Gasteiger partial charge in [-0.3, -0.25) is 9.78 Å². The lowest BCUT2D eigenvalue weighted by molar-refractivity contribution is -0.133. The number of piperidine rings is 1. The predicted octanol–water partition coefficient (Wildman–Crippen LogP) is 2.81. The fourth-order valence-electron chi connectivity index (χ4n) is 3.68. The van der Waals surface area contributed by atoms with Crippen LogP contribution < -0.4 is 10.5 Å². The number of ether oxygens (including phenoxy) is 1. The molecule has 2 bridgehead atoms. The number of fused-ring (bicyclic) bond motifs is 3. The topological polar surface area (TPSA) is 76.0 Å². The highest BCUT2D eigenvalue weighted by molar-refractivity contribution is 9.10. The number of nitrogens with one attached hydrogen (secondary N) is 1. The van der Waals surface area contributed by atoms with Crippen LogP contribution in [0.15, 0.2) is 27.6 Å². The molecule has 1 aromatic carbocycles. The van der Waals surface area contributed by atoms with Gasteiger partial charge < -0.3 is 9.64 Å². The van der Waals surface area contributed by atoms with E-state index in [1.165, 1.54) is 0 Å². The first kappa shape index (κ1) is 16.3. The van der Waals surface area contributed by atoms with Gasteiger partial charge in [0, 0.05) is 30.2 Å². The fraction of sp³-hybridized carbons (Fsp3) is 0.353. The van der Waals surface area contributed by atoms with Crippen LogP contribution in [-0.2, 0) is 4.74 Å². The monoisotopic (exact) mass is 435 g/mol. The van der Waals surface area contributed by atoms with Gasteiger partial charge >= 0.3 is 0 Å². The first-order valence-corrected chi connectivity index (χ1v) is 9.51. The summed E-state index contributed by atoms with van der Waals surface area (Å²) in [4.78, 5) is 22.1. The summed E-state index contributed by atoms with van der Waals surface area (Å²) in [7, 11) is 0. The second kappa shape index (κ2) is 5.80. The van der Waals surface area contributed by atoms with Gasteiger partial charge in [0.1, 0.15) is 5.39 Å². The first-order chi connectivity index (χ1) is 12.5. The number of hydrogen-bond acceptors (Lipinski definition) is 5. The van der Waals surface area contributed by atoms with E-state index in [9.17, 15) is 4.79 Å². The number of aryl methyl sites for hydroxylation is 1. The highest BCUT2D eigenvalue weighted by Gasteiger charge is 2.39. The molecule has 0 saturated carbocycles. The zero-order chi connectivity index (χ0) is 18.0. The van der Waals surface area contributed by atoms with Gasteiger partial charge in [-0.2, -0.15) is 4.98 Å². The molecule has 3 saturated heterocycles. The minimum Gasteiger partial charge on any atom is -0.371 e. The molecule has 0 amide bonds. The van der Waals surface area contributed by atoms with Gasteiger partial charge in [0.25, 0.3) is 5.56 Å². The minimum atomic E-state index is -0.206. The molecule has 2 atom stereocenters. The van der Waals surface area contributed by atoms with Crippen LogP contribution in [0.3, 0.4) is 0 Å². The van der Waals surface area contributed by atoms with Crippen molar-refractivity contribution in [1.82, 2.24) is 19.7 Å². The average molecular weight is 437 g/mol. The number of H-pyrrole nitrogens is 1. The summed E-state index contributed by atoms with van der Waals surface area (Å²) in [6, 6.07) is 3.76. The van der Waals surface area contributed by atoms with E-state index in [1.54, 1.807) is 16.9 Å². The lowest BCUT2D eigenvalue weighted by Gasteiger charge is -2.47. The third-order valence-corrected chi connectivity index (χ3v) is 5.63. The van der Waals surface area contributed by atoms with Crippen molar-refractivity contribution < 1.29 is 4.74 Å². The molecule has 0 aliphatic carbocycles. The van der Waals surface area contributed by atoms with Crippen molar-refractivity contribution in [2.45, 2.75) is 25.6 Å². The van der Waals surface area contributed by atoms with E-state index in [0.717, 1.165) is 35.2 Å². The lowest BCUT2D eigenvalue weighted by atomic mass is 9.99. The SMILES string of the molecule is Cc1cc(Br)cc(Cl)c1-n1cc2c(=O)[nH]c(N3CC4CC(C3)O4)nc2n1. The predicted molar refractivity (Wildman–Crippen MR) is 102 cm³/mol. The van der Waals surface area contributed by atoms with E-state index < -0.39 is 0 Å². The van der Waals surface area contributed by atoms with Gasteiger partial charge in [-0.1, -0.05) is 27.5 Å². The van der Waals surface area contributed by atoms with Crippen LogP contribution in [-0.4, -0.2) is 45.0 Å². The maximum atomic E-state index is 12.6. The molecule has 3 fully saturated rings. The normalized spacial score (nSPS) is 21.9. The van der Waals surface area contributed by atoms with E-state index in [-0.39, 0.29) is 17.8 Å². The quantitative estimate of drug-likeness (QED) is 0.668. The number of anilines is 1. The molecule has 3 aromatic rings. The highest BCUT2D eigenvalue weighted by atomic mass is 79.9. The van der Waals surface area contributed by atoms with Crippen molar-refractivity contribution in [3.05, 3.63) is 43.7 Å². The number of aromatic amines is 1. The summed E-state index contributed by atoms with van der Waals surface area (Å²) < 4.78 is 8.16. The molecular formula is C17H15BrClN5O2. The van der Waals surface area contributed by atoms with E-state index in [1.807, 2.05) is 13.0 Å². The van der Waals surface area contributed by atoms with Crippen LogP contribution in [0.25, 0.3) is 16.7 Å². The number of rotatable bonds is 2. The van der Waals surface area contributed by atoms with Crippen LogP contribution in [0.1, 0.15) is 12.0 Å². The molecule has 26 heavy (non-hydrogen) atoms. The third-order valence-electron chi connectivity index (χ3n) is 4.88. The molecule has 3 aliphatic rings. The number of aromatic nitrogens is 4. The van der Waals surface area contributed by atoms with Crippen LogP contribution in [0.4, 0.5) is 5.95 Å². The maximum absolute atomic E-state index is 12.6. The highest BCUT2D eigenvalue weighted by Crippen LogP contribution is 2.31. The summed E-state index contributed by atoms with van der Waals surface area (Å²) in [6.45, 7) is 3.42. The molecule has 7 nitrogen and oxygen atoms in total. The van der Waals surface area contributed by atoms with Crippen molar-refractivity contribution >= 4 is 44.5 Å². The Morgan fingerprint density at radius 1 is 1.35 bits per heavy atom. The minimum absolute atomic E-state index is 0.206. The zero-order valence-corrected chi connectivity index (χ0v) is 16.2. The molecule has 3 aliphatic heterocycles. The van der Waals surface area contributed by atoms with Crippen molar-refractivity contribution in [2.75, 3.05) is 18.0 Å². The van der Waals surface area contributed by atoms with Gasteiger partial charge in [-0.05, 0) is 24.6 Å². The Kier molecular flexibility index (Phi) is 3.63. The van der Waals surface area contributed by atoms with Crippen molar-refractivity contribution in [3.8, 4) is 5.69 Å². The summed E-state index contributed by atoms with van der Waals surface area (Å²) in [5.41, 5.74) is 1.88. The molecule has 0 radical (unpaired) electrons.